The van der Waals surface area contributed by atoms with Gasteiger partial charge in [0.1, 0.15) is 6.54 Å². The van der Waals surface area contributed by atoms with E-state index in [9.17, 15) is 4.79 Å². The van der Waals surface area contributed by atoms with Gasteiger partial charge < -0.3 is 15.5 Å². The lowest BCUT2D eigenvalue weighted by molar-refractivity contribution is -0.127. The van der Waals surface area contributed by atoms with Gasteiger partial charge in [0.05, 0.1) is 11.6 Å². The minimum Gasteiger partial charge on any atom is -0.356 e. The highest BCUT2D eigenvalue weighted by atomic mass is 127. The number of carbonyl (C=O) groups excluding carboxylic acids is 1. The molecule has 2 aromatic rings. The van der Waals surface area contributed by atoms with E-state index >= 15 is 0 Å². The van der Waals surface area contributed by atoms with Crippen LogP contribution in [0.3, 0.4) is 0 Å². The van der Waals surface area contributed by atoms with Crippen LogP contribution in [0, 0.1) is 6.92 Å². The molecular weight excluding hydrogens is 481 g/mol. The lowest BCUT2D eigenvalue weighted by atomic mass is 10.2. The Morgan fingerprint density at radius 2 is 2.15 bits per heavy atom. The van der Waals surface area contributed by atoms with Gasteiger partial charge in [-0.3, -0.25) is 4.79 Å². The summed E-state index contributed by atoms with van der Waals surface area (Å²) in [6.07, 6.45) is 1.90. The fourth-order valence-corrected chi connectivity index (χ4v) is 3.45. The fourth-order valence-electron chi connectivity index (χ4n) is 1.98. The second-order valence-electron chi connectivity index (χ2n) is 5.98. The van der Waals surface area contributed by atoms with E-state index in [0.717, 1.165) is 5.01 Å². The van der Waals surface area contributed by atoms with Crippen molar-refractivity contribution in [2.45, 2.75) is 26.3 Å². The van der Waals surface area contributed by atoms with Gasteiger partial charge in [-0.15, -0.1) is 46.7 Å². The van der Waals surface area contributed by atoms with Crippen LogP contribution < -0.4 is 10.6 Å². The molecule has 1 amide bonds. The number of aliphatic imine (C=N–C) groups is 1. The number of halogens is 1. The van der Waals surface area contributed by atoms with Gasteiger partial charge in [-0.1, -0.05) is 13.0 Å². The van der Waals surface area contributed by atoms with Crippen LogP contribution in [0.5, 0.6) is 0 Å². The molecule has 9 heteroatoms. The van der Waals surface area contributed by atoms with Crippen molar-refractivity contribution in [3.05, 3.63) is 38.5 Å². The lowest BCUT2D eigenvalue weighted by Gasteiger charge is -2.15. The first-order valence-corrected chi connectivity index (χ1v) is 9.82. The molecule has 2 rings (SSSR count). The molecule has 0 aliphatic heterocycles. The maximum absolute atomic E-state index is 11.8. The first-order chi connectivity index (χ1) is 12.0. The Balaban J connectivity index is 0.00000338. The quantitative estimate of drug-likeness (QED) is 0.344. The van der Waals surface area contributed by atoms with Gasteiger partial charge in [-0.25, -0.2) is 9.98 Å². The van der Waals surface area contributed by atoms with Gasteiger partial charge in [-0.05, 0) is 18.4 Å². The average Bonchev–Trinajstić information content (AvgIpc) is 3.24. The monoisotopic (exact) mass is 507 g/mol. The van der Waals surface area contributed by atoms with E-state index in [1.807, 2.05) is 17.6 Å². The molecule has 1 unspecified atom stereocenters. The summed E-state index contributed by atoms with van der Waals surface area (Å²) in [7, 11) is 3.47. The summed E-state index contributed by atoms with van der Waals surface area (Å²) < 4.78 is 0. The van der Waals surface area contributed by atoms with Gasteiger partial charge in [0, 0.05) is 42.5 Å². The van der Waals surface area contributed by atoms with E-state index < -0.39 is 0 Å². The van der Waals surface area contributed by atoms with E-state index in [4.69, 9.17) is 0 Å². The van der Waals surface area contributed by atoms with Crippen LogP contribution in [-0.2, 0) is 11.3 Å². The largest absolute Gasteiger partial charge is 0.356 e. The molecule has 0 spiro atoms. The molecule has 6 nitrogen and oxygen atoms in total. The topological polar surface area (TPSA) is 69.6 Å². The highest BCUT2D eigenvalue weighted by molar-refractivity contribution is 14.0. The maximum Gasteiger partial charge on any atom is 0.243 e. The number of aryl methyl sites for hydroxylation is 1. The van der Waals surface area contributed by atoms with E-state index in [1.165, 1.54) is 9.75 Å². The minimum absolute atomic E-state index is 0. The second kappa shape index (κ2) is 11.5. The van der Waals surface area contributed by atoms with Gasteiger partial charge in [0.2, 0.25) is 5.91 Å². The molecule has 144 valence electrons. The Labute approximate surface area is 180 Å². The summed E-state index contributed by atoms with van der Waals surface area (Å²) in [5.74, 6) is 0.890. The highest BCUT2D eigenvalue weighted by Crippen LogP contribution is 2.20. The fraction of sp³-hybridized carbons (Fsp3) is 0.471. The Kier molecular flexibility index (Phi) is 10.1. The van der Waals surface area contributed by atoms with E-state index in [2.05, 4.69) is 40.5 Å². The zero-order valence-corrected chi connectivity index (χ0v) is 19.4. The van der Waals surface area contributed by atoms with Crippen molar-refractivity contribution >= 4 is 58.5 Å². The van der Waals surface area contributed by atoms with Crippen LogP contribution in [0.4, 0.5) is 0 Å². The summed E-state index contributed by atoms with van der Waals surface area (Å²) in [5, 5.41) is 9.76. The molecule has 0 saturated heterocycles. The van der Waals surface area contributed by atoms with Crippen LogP contribution in [0.1, 0.15) is 27.6 Å². The maximum atomic E-state index is 11.8. The Bertz CT molecular complexity index is 700. The summed E-state index contributed by atoms with van der Waals surface area (Å²) in [5.41, 5.74) is 0. The highest BCUT2D eigenvalue weighted by Gasteiger charge is 2.11. The summed E-state index contributed by atoms with van der Waals surface area (Å²) >= 11 is 3.40. The van der Waals surface area contributed by atoms with Crippen molar-refractivity contribution in [1.82, 2.24) is 20.5 Å². The number of guanidine groups is 1. The van der Waals surface area contributed by atoms with E-state index in [1.54, 1.807) is 41.7 Å². The number of hydrogen-bond donors (Lipinski definition) is 2. The first kappa shape index (κ1) is 22.8. The number of thiazole rings is 1. The van der Waals surface area contributed by atoms with Crippen molar-refractivity contribution in [3.63, 3.8) is 0 Å². The molecule has 1 atom stereocenters. The molecule has 0 bridgehead atoms. The van der Waals surface area contributed by atoms with E-state index in [-0.39, 0.29) is 42.3 Å². The van der Waals surface area contributed by atoms with Crippen molar-refractivity contribution in [3.8, 4) is 0 Å². The lowest BCUT2D eigenvalue weighted by Crippen LogP contribution is -2.39. The molecule has 0 aromatic carbocycles. The van der Waals surface area contributed by atoms with Crippen LogP contribution in [0.15, 0.2) is 28.7 Å². The van der Waals surface area contributed by atoms with Gasteiger partial charge in [0.15, 0.2) is 5.96 Å². The van der Waals surface area contributed by atoms with Crippen LogP contribution in [-0.4, -0.2) is 48.9 Å². The van der Waals surface area contributed by atoms with Gasteiger partial charge >= 0.3 is 0 Å². The molecular formula is C17H26IN5OS2. The molecule has 0 aliphatic rings. The molecule has 2 aromatic heterocycles. The van der Waals surface area contributed by atoms with Crippen LogP contribution >= 0.6 is 46.7 Å². The number of amides is 1. The third-order valence-electron chi connectivity index (χ3n) is 3.52. The average molecular weight is 507 g/mol. The van der Waals surface area contributed by atoms with Crippen molar-refractivity contribution in [2.75, 3.05) is 27.2 Å². The van der Waals surface area contributed by atoms with Crippen LogP contribution in [0.2, 0.25) is 0 Å². The number of nitrogens with zero attached hydrogens (tertiary/aromatic N) is 3. The van der Waals surface area contributed by atoms with Gasteiger partial charge in [-0.2, -0.15) is 0 Å². The number of aromatic nitrogens is 1. The molecule has 2 heterocycles. The predicted molar refractivity (Wildman–Crippen MR) is 121 cm³/mol. The summed E-state index contributed by atoms with van der Waals surface area (Å²) in [6.45, 7) is 5.71. The predicted octanol–water partition coefficient (Wildman–Crippen LogP) is 3.06. The summed E-state index contributed by atoms with van der Waals surface area (Å²) in [6, 6.07) is 4.09. The smallest absolute Gasteiger partial charge is 0.243 e. The minimum atomic E-state index is -0.0270. The molecule has 0 fully saturated rings. The molecule has 0 saturated carbocycles. The van der Waals surface area contributed by atoms with Crippen molar-refractivity contribution in [2.24, 2.45) is 4.99 Å². The number of nitrogens with one attached hydrogen (secondary N) is 2. The SMILES string of the molecule is Cc1cnc(C(C)CNC(=NCC(=O)N(C)C)NCc2cccs2)s1.I. The van der Waals surface area contributed by atoms with Gasteiger partial charge in [0.25, 0.3) is 0 Å². The molecule has 0 aliphatic carbocycles. The third-order valence-corrected chi connectivity index (χ3v) is 5.54. The standard InChI is InChI=1S/C17H25N5OS2.HI/c1-12(16-18-9-13(2)25-16)8-19-17(21-11-15(23)22(3)4)20-10-14-6-5-7-24-14;/h5-7,9,12H,8,10-11H2,1-4H3,(H2,19,20,21);1H. The molecule has 0 radical (unpaired) electrons. The zero-order valence-electron chi connectivity index (χ0n) is 15.5. The second-order valence-corrected chi connectivity index (χ2v) is 8.28. The molecule has 2 N–H and O–H groups in total. The number of likely N-dealkylation sites (N-methyl/N-ethyl adjacent to an activating group) is 1. The number of carbonyl (C=O) groups is 1. The van der Waals surface area contributed by atoms with E-state index in [0.29, 0.717) is 19.0 Å². The number of thiophene rings is 1. The third kappa shape index (κ3) is 7.58. The number of hydrogen-bond acceptors (Lipinski definition) is 5. The Morgan fingerprint density at radius 1 is 1.38 bits per heavy atom. The first-order valence-electron chi connectivity index (χ1n) is 8.12. The van der Waals surface area contributed by atoms with Crippen LogP contribution in [0.25, 0.3) is 0 Å². The van der Waals surface area contributed by atoms with Crippen molar-refractivity contribution in [1.29, 1.82) is 0 Å². The zero-order chi connectivity index (χ0) is 18.2. The Hall–Kier alpha value is -1.20. The normalized spacial score (nSPS) is 12.2. The summed E-state index contributed by atoms with van der Waals surface area (Å²) in [4.78, 5) is 24.6. The Morgan fingerprint density at radius 3 is 2.73 bits per heavy atom. The molecule has 26 heavy (non-hydrogen) atoms. The number of rotatable bonds is 7. The van der Waals surface area contributed by atoms with Crippen molar-refractivity contribution < 1.29 is 4.79 Å².